The summed E-state index contributed by atoms with van der Waals surface area (Å²) in [5.74, 6) is -4.01. The molecular weight excluding hydrogens is 232 g/mol. The van der Waals surface area contributed by atoms with Gasteiger partial charge in [-0.1, -0.05) is 12.1 Å². The first-order valence-electron chi connectivity index (χ1n) is 4.90. The highest BCUT2D eigenvalue weighted by atomic mass is 19.1. The third-order valence-electron chi connectivity index (χ3n) is 2.40. The van der Waals surface area contributed by atoms with Gasteiger partial charge < -0.3 is 0 Å². The summed E-state index contributed by atoms with van der Waals surface area (Å²) >= 11 is 0. The maximum Gasteiger partial charge on any atom is 0.136 e. The van der Waals surface area contributed by atoms with Crippen LogP contribution in [0.3, 0.4) is 0 Å². The smallest absolute Gasteiger partial charge is 0.136 e. The first kappa shape index (κ1) is 11.6. The second-order valence-electron chi connectivity index (χ2n) is 3.73. The van der Waals surface area contributed by atoms with Crippen LogP contribution in [0.25, 0.3) is 11.1 Å². The molecule has 0 aliphatic carbocycles. The molecule has 0 atom stereocenters. The van der Waals surface area contributed by atoms with Crippen LogP contribution in [0.5, 0.6) is 0 Å². The van der Waals surface area contributed by atoms with Crippen LogP contribution < -0.4 is 0 Å². The second kappa shape index (κ2) is 4.20. The van der Waals surface area contributed by atoms with Gasteiger partial charge >= 0.3 is 0 Å². The lowest BCUT2D eigenvalue weighted by Crippen LogP contribution is -1.95. The predicted molar refractivity (Wildman–Crippen MR) is 56.4 cm³/mol. The average molecular weight is 240 g/mol. The van der Waals surface area contributed by atoms with E-state index in [2.05, 4.69) is 0 Å². The van der Waals surface area contributed by atoms with Crippen molar-refractivity contribution in [2.45, 2.75) is 6.92 Å². The molecule has 0 nitrogen and oxygen atoms in total. The molecule has 0 radical (unpaired) electrons. The number of aryl methyl sites for hydroxylation is 1. The summed E-state index contributed by atoms with van der Waals surface area (Å²) in [5, 5.41) is 0. The molecule has 0 saturated heterocycles. The van der Waals surface area contributed by atoms with Gasteiger partial charge in [-0.2, -0.15) is 0 Å². The van der Waals surface area contributed by atoms with Crippen molar-refractivity contribution in [1.82, 2.24) is 0 Å². The summed E-state index contributed by atoms with van der Waals surface area (Å²) < 4.78 is 53.1. The van der Waals surface area contributed by atoms with Crippen molar-refractivity contribution < 1.29 is 17.6 Å². The zero-order valence-corrected chi connectivity index (χ0v) is 8.90. The summed E-state index contributed by atoms with van der Waals surface area (Å²) in [6.45, 7) is 1.66. The summed E-state index contributed by atoms with van der Waals surface area (Å²) in [4.78, 5) is 0. The average Bonchev–Trinajstić information content (AvgIpc) is 2.19. The molecule has 0 aromatic heterocycles. The molecule has 88 valence electrons. The van der Waals surface area contributed by atoms with Crippen molar-refractivity contribution in [3.05, 3.63) is 59.2 Å². The van der Waals surface area contributed by atoms with E-state index in [9.17, 15) is 17.6 Å². The largest absolute Gasteiger partial charge is 0.207 e. The van der Waals surface area contributed by atoms with E-state index in [-0.39, 0.29) is 5.56 Å². The third kappa shape index (κ3) is 2.16. The van der Waals surface area contributed by atoms with Crippen LogP contribution in [0.2, 0.25) is 0 Å². The Hall–Kier alpha value is -1.84. The first-order valence-corrected chi connectivity index (χ1v) is 4.90. The van der Waals surface area contributed by atoms with Crippen LogP contribution in [0.1, 0.15) is 5.56 Å². The Bertz CT molecular complexity index is 553. The van der Waals surface area contributed by atoms with Crippen LogP contribution >= 0.6 is 0 Å². The predicted octanol–water partition coefficient (Wildman–Crippen LogP) is 4.22. The second-order valence-corrected chi connectivity index (χ2v) is 3.73. The lowest BCUT2D eigenvalue weighted by Gasteiger charge is -2.07. The van der Waals surface area contributed by atoms with Gasteiger partial charge in [0.15, 0.2) is 0 Å². The Morgan fingerprint density at radius 1 is 0.765 bits per heavy atom. The number of halogens is 4. The fraction of sp³-hybridized carbons (Fsp3) is 0.0769. The van der Waals surface area contributed by atoms with Gasteiger partial charge in [0.05, 0.1) is 5.56 Å². The van der Waals surface area contributed by atoms with Crippen LogP contribution in [-0.4, -0.2) is 0 Å². The van der Waals surface area contributed by atoms with Gasteiger partial charge in [-0.3, -0.25) is 0 Å². The van der Waals surface area contributed by atoms with Gasteiger partial charge in [0, 0.05) is 17.7 Å². The Balaban J connectivity index is 2.68. The number of hydrogen-bond donors (Lipinski definition) is 0. The minimum Gasteiger partial charge on any atom is -0.207 e. The Morgan fingerprint density at radius 2 is 1.35 bits per heavy atom. The zero-order valence-electron chi connectivity index (χ0n) is 8.90. The van der Waals surface area contributed by atoms with E-state index in [4.69, 9.17) is 0 Å². The van der Waals surface area contributed by atoms with Crippen LogP contribution in [0, 0.1) is 30.2 Å². The van der Waals surface area contributed by atoms with E-state index >= 15 is 0 Å². The molecule has 0 amide bonds. The van der Waals surface area contributed by atoms with Gasteiger partial charge in [0.25, 0.3) is 0 Å². The van der Waals surface area contributed by atoms with Gasteiger partial charge in [-0.25, -0.2) is 17.6 Å². The van der Waals surface area contributed by atoms with Crippen molar-refractivity contribution in [2.75, 3.05) is 0 Å². The molecule has 0 aliphatic rings. The molecular formula is C13H8F4. The Kier molecular flexibility index (Phi) is 2.88. The van der Waals surface area contributed by atoms with Gasteiger partial charge in [-0.15, -0.1) is 0 Å². The number of rotatable bonds is 1. The quantitative estimate of drug-likeness (QED) is 0.655. The highest BCUT2D eigenvalue weighted by Crippen LogP contribution is 2.29. The van der Waals surface area contributed by atoms with Crippen LogP contribution in [-0.2, 0) is 0 Å². The Labute approximate surface area is 95.5 Å². The van der Waals surface area contributed by atoms with Crippen molar-refractivity contribution in [2.24, 2.45) is 0 Å². The number of benzene rings is 2. The summed E-state index contributed by atoms with van der Waals surface area (Å²) in [5.41, 5.74) is -0.135. The molecule has 2 aromatic rings. The molecule has 0 fully saturated rings. The highest BCUT2D eigenvalue weighted by Gasteiger charge is 2.16. The molecule has 2 aromatic carbocycles. The minimum absolute atomic E-state index is 0.217. The van der Waals surface area contributed by atoms with Gasteiger partial charge in [-0.05, 0) is 18.6 Å². The normalized spacial score (nSPS) is 10.6. The molecule has 17 heavy (non-hydrogen) atoms. The van der Waals surface area contributed by atoms with E-state index in [1.54, 1.807) is 6.92 Å². The first-order chi connectivity index (χ1) is 7.99. The molecule has 0 aliphatic heterocycles. The topological polar surface area (TPSA) is 0 Å². The van der Waals surface area contributed by atoms with E-state index < -0.39 is 28.8 Å². The molecule has 0 unspecified atom stereocenters. The standard InChI is InChI=1S/C13H8F4/c1-7-2-3-9(10(15)4-7)13-11(16)5-8(14)6-12(13)17/h2-6H,1H3. The zero-order chi connectivity index (χ0) is 12.6. The maximum atomic E-state index is 13.6. The highest BCUT2D eigenvalue weighted by molar-refractivity contribution is 5.65. The molecule has 0 saturated carbocycles. The fourth-order valence-corrected chi connectivity index (χ4v) is 1.62. The molecule has 0 N–H and O–H groups in total. The van der Waals surface area contributed by atoms with Crippen molar-refractivity contribution >= 4 is 0 Å². The minimum atomic E-state index is -1.12. The Morgan fingerprint density at radius 3 is 1.88 bits per heavy atom. The lowest BCUT2D eigenvalue weighted by atomic mass is 10.0. The maximum absolute atomic E-state index is 13.6. The van der Waals surface area contributed by atoms with Gasteiger partial charge in [0.1, 0.15) is 23.3 Å². The van der Waals surface area contributed by atoms with E-state index in [1.807, 2.05) is 0 Å². The third-order valence-corrected chi connectivity index (χ3v) is 2.40. The summed E-state index contributed by atoms with van der Waals surface area (Å²) in [6.07, 6.45) is 0. The van der Waals surface area contributed by atoms with Crippen LogP contribution in [0.4, 0.5) is 17.6 Å². The summed E-state index contributed by atoms with van der Waals surface area (Å²) in [7, 11) is 0. The molecule has 4 heteroatoms. The van der Waals surface area contributed by atoms with Crippen LogP contribution in [0.15, 0.2) is 30.3 Å². The lowest BCUT2D eigenvalue weighted by molar-refractivity contribution is 0.545. The van der Waals surface area contributed by atoms with E-state index in [1.165, 1.54) is 12.1 Å². The number of hydrogen-bond acceptors (Lipinski definition) is 0. The summed E-state index contributed by atoms with van der Waals surface area (Å²) in [6, 6.07) is 5.01. The van der Waals surface area contributed by atoms with E-state index in [0.29, 0.717) is 17.7 Å². The molecule has 2 rings (SSSR count). The molecule has 0 heterocycles. The monoisotopic (exact) mass is 240 g/mol. The molecule has 0 spiro atoms. The van der Waals surface area contributed by atoms with Gasteiger partial charge in [0.2, 0.25) is 0 Å². The fourth-order valence-electron chi connectivity index (χ4n) is 1.62. The van der Waals surface area contributed by atoms with E-state index in [0.717, 1.165) is 6.07 Å². The SMILES string of the molecule is Cc1ccc(-c2c(F)cc(F)cc2F)c(F)c1. The van der Waals surface area contributed by atoms with Crippen molar-refractivity contribution in [3.8, 4) is 11.1 Å². The molecule has 0 bridgehead atoms. The van der Waals surface area contributed by atoms with Crippen molar-refractivity contribution in [1.29, 1.82) is 0 Å². The van der Waals surface area contributed by atoms with Crippen molar-refractivity contribution in [3.63, 3.8) is 0 Å².